The van der Waals surface area contributed by atoms with Gasteiger partial charge in [-0.05, 0) is 31.6 Å². The molecule has 2 N–H and O–H groups in total. The summed E-state index contributed by atoms with van der Waals surface area (Å²) in [6, 6.07) is 0.217. The minimum absolute atomic E-state index is 0. The van der Waals surface area contributed by atoms with Gasteiger partial charge in [0.05, 0.1) is 6.26 Å². The van der Waals surface area contributed by atoms with Gasteiger partial charge in [0.25, 0.3) is 0 Å². The molecule has 0 aromatic heterocycles. The van der Waals surface area contributed by atoms with E-state index in [9.17, 15) is 13.2 Å². The second-order valence-corrected chi connectivity index (χ2v) is 10.5. The Bertz CT molecular complexity index is 681. The molecule has 0 radical (unpaired) electrons. The number of sulfonamides is 1. The van der Waals surface area contributed by atoms with Crippen molar-refractivity contribution in [2.75, 3.05) is 46.0 Å². The van der Waals surface area contributed by atoms with Crippen molar-refractivity contribution in [2.45, 2.75) is 51.0 Å². The predicted molar refractivity (Wildman–Crippen MR) is 126 cm³/mol. The molecule has 1 saturated carbocycles. The highest BCUT2D eigenvalue weighted by Crippen LogP contribution is 2.26. The van der Waals surface area contributed by atoms with Gasteiger partial charge in [0.1, 0.15) is 0 Å². The molecule has 2 atom stereocenters. The van der Waals surface area contributed by atoms with Crippen molar-refractivity contribution in [3.63, 3.8) is 0 Å². The van der Waals surface area contributed by atoms with Crippen LogP contribution in [0.15, 0.2) is 4.99 Å². The van der Waals surface area contributed by atoms with E-state index in [1.807, 2.05) is 4.90 Å². The Morgan fingerprint density at radius 3 is 2.41 bits per heavy atom. The highest BCUT2D eigenvalue weighted by molar-refractivity contribution is 14.0. The van der Waals surface area contributed by atoms with Gasteiger partial charge in [0, 0.05) is 51.7 Å². The van der Waals surface area contributed by atoms with Crippen LogP contribution >= 0.6 is 24.0 Å². The third-order valence-corrected chi connectivity index (χ3v) is 7.56. The second kappa shape index (κ2) is 11.1. The number of nitrogens with zero attached hydrogens (tertiary/aromatic N) is 3. The first kappa shape index (κ1) is 24.6. The lowest BCUT2D eigenvalue weighted by Crippen LogP contribution is -2.46. The van der Waals surface area contributed by atoms with Crippen LogP contribution in [0.3, 0.4) is 0 Å². The van der Waals surface area contributed by atoms with Crippen molar-refractivity contribution >= 4 is 45.9 Å². The number of halogens is 1. The summed E-state index contributed by atoms with van der Waals surface area (Å²) in [6.07, 6.45) is 8.78. The number of carbonyl (C=O) groups excluding carboxylic acids is 1. The van der Waals surface area contributed by atoms with E-state index in [1.54, 1.807) is 11.4 Å². The zero-order valence-corrected chi connectivity index (χ0v) is 20.7. The largest absolute Gasteiger partial charge is 0.356 e. The van der Waals surface area contributed by atoms with Crippen LogP contribution in [-0.4, -0.2) is 81.6 Å². The Hall–Kier alpha value is -0.620. The molecule has 2 heterocycles. The number of likely N-dealkylation sites (tertiary alicyclic amines) is 1. The molecule has 29 heavy (non-hydrogen) atoms. The highest BCUT2D eigenvalue weighted by Gasteiger charge is 2.32. The normalized spacial score (nSPS) is 27.0. The zero-order chi connectivity index (χ0) is 20.1. The average molecular weight is 542 g/mol. The molecular formula is C19H36IN5O3S. The standard InChI is InChI=1S/C19H35N5O3S.HI/c1-20-19(21-12-15-8-11-24(13-15)28(2,26)27)22-17-9-10-23(14-17)18(25)16-6-4-3-5-7-16;/h15-17H,3-14H2,1-2H3,(H2,20,21,22);1H. The fourth-order valence-electron chi connectivity index (χ4n) is 4.58. The number of nitrogens with one attached hydrogen (secondary N) is 2. The SMILES string of the molecule is CN=C(NCC1CCN(S(C)(=O)=O)C1)NC1CCN(C(=O)C2CCCCC2)C1.I. The Labute approximate surface area is 192 Å². The average Bonchev–Trinajstić information content (AvgIpc) is 3.34. The number of guanidine groups is 1. The van der Waals surface area contributed by atoms with Crippen LogP contribution in [-0.2, 0) is 14.8 Å². The van der Waals surface area contributed by atoms with Crippen molar-refractivity contribution in [2.24, 2.45) is 16.8 Å². The molecule has 2 unspecified atom stereocenters. The molecular weight excluding hydrogens is 505 g/mol. The maximum atomic E-state index is 12.7. The van der Waals surface area contributed by atoms with E-state index in [0.717, 1.165) is 44.7 Å². The third kappa shape index (κ3) is 6.95. The number of hydrogen-bond acceptors (Lipinski definition) is 4. The lowest BCUT2D eigenvalue weighted by atomic mass is 9.88. The Kier molecular flexibility index (Phi) is 9.46. The second-order valence-electron chi connectivity index (χ2n) is 8.48. The van der Waals surface area contributed by atoms with Crippen LogP contribution in [0.25, 0.3) is 0 Å². The van der Waals surface area contributed by atoms with Crippen LogP contribution in [0.2, 0.25) is 0 Å². The maximum Gasteiger partial charge on any atom is 0.225 e. The summed E-state index contributed by atoms with van der Waals surface area (Å²) in [5, 5.41) is 6.76. The van der Waals surface area contributed by atoms with E-state index < -0.39 is 10.0 Å². The third-order valence-electron chi connectivity index (χ3n) is 6.29. The smallest absolute Gasteiger partial charge is 0.225 e. The van der Waals surface area contributed by atoms with Gasteiger partial charge in [-0.15, -0.1) is 24.0 Å². The highest BCUT2D eigenvalue weighted by atomic mass is 127. The molecule has 8 nitrogen and oxygen atoms in total. The van der Waals surface area contributed by atoms with E-state index in [0.29, 0.717) is 31.5 Å². The lowest BCUT2D eigenvalue weighted by Gasteiger charge is -2.26. The maximum absolute atomic E-state index is 12.7. The van der Waals surface area contributed by atoms with Crippen molar-refractivity contribution in [1.29, 1.82) is 0 Å². The van der Waals surface area contributed by atoms with Crippen LogP contribution in [0, 0.1) is 11.8 Å². The molecule has 2 aliphatic heterocycles. The van der Waals surface area contributed by atoms with Crippen molar-refractivity contribution in [3.05, 3.63) is 0 Å². The Morgan fingerprint density at radius 1 is 1.07 bits per heavy atom. The van der Waals surface area contributed by atoms with E-state index >= 15 is 0 Å². The molecule has 0 bridgehead atoms. The molecule has 0 aromatic rings. The minimum Gasteiger partial charge on any atom is -0.356 e. The summed E-state index contributed by atoms with van der Waals surface area (Å²) in [5.41, 5.74) is 0. The summed E-state index contributed by atoms with van der Waals surface area (Å²) >= 11 is 0. The van der Waals surface area contributed by atoms with Gasteiger partial charge in [0.15, 0.2) is 5.96 Å². The fraction of sp³-hybridized carbons (Fsp3) is 0.895. The van der Waals surface area contributed by atoms with Gasteiger partial charge in [-0.3, -0.25) is 9.79 Å². The number of amides is 1. The topological polar surface area (TPSA) is 94.1 Å². The number of aliphatic imine (C=N–C) groups is 1. The molecule has 0 aromatic carbocycles. The molecule has 3 aliphatic rings. The molecule has 3 fully saturated rings. The number of carbonyl (C=O) groups is 1. The quantitative estimate of drug-likeness (QED) is 0.310. The van der Waals surface area contributed by atoms with Crippen LogP contribution in [0.1, 0.15) is 44.9 Å². The number of rotatable bonds is 5. The van der Waals surface area contributed by atoms with Gasteiger partial charge in [-0.2, -0.15) is 0 Å². The van der Waals surface area contributed by atoms with Gasteiger partial charge >= 0.3 is 0 Å². The summed E-state index contributed by atoms with van der Waals surface area (Å²) in [7, 11) is -1.36. The summed E-state index contributed by atoms with van der Waals surface area (Å²) in [5.74, 6) is 1.58. The molecule has 1 amide bonds. The van der Waals surface area contributed by atoms with Crippen molar-refractivity contribution in [1.82, 2.24) is 19.8 Å². The van der Waals surface area contributed by atoms with Crippen molar-refractivity contribution < 1.29 is 13.2 Å². The Balaban J connectivity index is 0.00000300. The lowest BCUT2D eigenvalue weighted by molar-refractivity contribution is -0.135. The first-order valence-electron chi connectivity index (χ1n) is 10.6. The van der Waals surface area contributed by atoms with Crippen LogP contribution in [0.5, 0.6) is 0 Å². The zero-order valence-electron chi connectivity index (χ0n) is 17.6. The molecule has 3 rings (SSSR count). The van der Waals surface area contributed by atoms with E-state index in [4.69, 9.17) is 0 Å². The fourth-order valence-corrected chi connectivity index (χ4v) is 5.50. The van der Waals surface area contributed by atoms with Crippen molar-refractivity contribution in [3.8, 4) is 0 Å². The van der Waals surface area contributed by atoms with Gasteiger partial charge in [-0.25, -0.2) is 12.7 Å². The van der Waals surface area contributed by atoms with Gasteiger partial charge in [0.2, 0.25) is 15.9 Å². The minimum atomic E-state index is -3.10. The van der Waals surface area contributed by atoms with E-state index in [1.165, 1.54) is 25.5 Å². The van der Waals surface area contributed by atoms with E-state index in [-0.39, 0.29) is 35.9 Å². The molecule has 168 valence electrons. The summed E-state index contributed by atoms with van der Waals surface area (Å²) in [4.78, 5) is 19.0. The summed E-state index contributed by atoms with van der Waals surface area (Å²) < 4.78 is 24.8. The molecule has 2 saturated heterocycles. The molecule has 0 spiro atoms. The first-order chi connectivity index (χ1) is 13.4. The molecule has 10 heteroatoms. The summed E-state index contributed by atoms with van der Waals surface area (Å²) in [6.45, 7) is 3.41. The van der Waals surface area contributed by atoms with Gasteiger partial charge in [-0.1, -0.05) is 19.3 Å². The van der Waals surface area contributed by atoms with Gasteiger partial charge < -0.3 is 15.5 Å². The monoisotopic (exact) mass is 541 g/mol. The number of hydrogen-bond donors (Lipinski definition) is 2. The first-order valence-corrected chi connectivity index (χ1v) is 12.4. The van der Waals surface area contributed by atoms with Crippen LogP contribution < -0.4 is 10.6 Å². The molecule has 1 aliphatic carbocycles. The van der Waals surface area contributed by atoms with Crippen LogP contribution in [0.4, 0.5) is 0 Å². The van der Waals surface area contributed by atoms with E-state index in [2.05, 4.69) is 15.6 Å². The Morgan fingerprint density at radius 2 is 1.79 bits per heavy atom. The predicted octanol–water partition coefficient (Wildman–Crippen LogP) is 1.23.